The molecule has 5 nitrogen and oxygen atoms in total. The van der Waals surface area contributed by atoms with Crippen LogP contribution in [0.5, 0.6) is 0 Å². The molecule has 0 aliphatic heterocycles. The normalized spacial score (nSPS) is 10.6. The Labute approximate surface area is 106 Å². The van der Waals surface area contributed by atoms with Crippen molar-refractivity contribution in [2.75, 3.05) is 0 Å². The van der Waals surface area contributed by atoms with Gasteiger partial charge in [0.2, 0.25) is 0 Å². The van der Waals surface area contributed by atoms with E-state index in [1.807, 2.05) is 0 Å². The second-order valence-corrected chi connectivity index (χ2v) is 4.34. The Balaban J connectivity index is 2.85. The molecule has 0 aromatic carbocycles. The third-order valence-corrected chi connectivity index (χ3v) is 1.89. The smallest absolute Gasteiger partial charge is 0.357 e. The summed E-state index contributed by atoms with van der Waals surface area (Å²) in [5.41, 5.74) is 0.385. The highest BCUT2D eigenvalue weighted by molar-refractivity contribution is 5.94. The van der Waals surface area contributed by atoms with Crippen molar-refractivity contribution in [1.82, 2.24) is 4.98 Å². The fourth-order valence-electron chi connectivity index (χ4n) is 1.23. The Morgan fingerprint density at radius 1 is 1.06 bits per heavy atom. The van der Waals surface area contributed by atoms with Crippen LogP contribution in [0.1, 0.15) is 48.5 Å². The van der Waals surface area contributed by atoms with Crippen molar-refractivity contribution in [1.29, 1.82) is 0 Å². The summed E-state index contributed by atoms with van der Waals surface area (Å²) in [6.07, 6.45) is 0.940. The van der Waals surface area contributed by atoms with Crippen molar-refractivity contribution in [2.45, 2.75) is 39.9 Å². The molecule has 0 spiro atoms. The predicted octanol–water partition coefficient (Wildman–Crippen LogP) is 2.21. The molecule has 1 heterocycles. The van der Waals surface area contributed by atoms with E-state index in [1.54, 1.807) is 27.7 Å². The van der Waals surface area contributed by atoms with Crippen LogP contribution in [0.25, 0.3) is 0 Å². The molecule has 0 N–H and O–H groups in total. The minimum atomic E-state index is -0.552. The van der Waals surface area contributed by atoms with E-state index in [4.69, 9.17) is 9.47 Å². The average molecular weight is 251 g/mol. The number of carbonyl (C=O) groups excluding carboxylic acids is 2. The quantitative estimate of drug-likeness (QED) is 0.767. The van der Waals surface area contributed by atoms with Crippen LogP contribution < -0.4 is 0 Å². The maximum Gasteiger partial charge on any atom is 0.357 e. The van der Waals surface area contributed by atoms with Gasteiger partial charge >= 0.3 is 11.9 Å². The minimum Gasteiger partial charge on any atom is -0.459 e. The molecule has 1 aromatic rings. The zero-order valence-electron chi connectivity index (χ0n) is 11.0. The first-order valence-corrected chi connectivity index (χ1v) is 5.78. The van der Waals surface area contributed by atoms with E-state index in [2.05, 4.69) is 4.98 Å². The van der Waals surface area contributed by atoms with Crippen molar-refractivity contribution >= 4 is 11.9 Å². The predicted molar refractivity (Wildman–Crippen MR) is 65.3 cm³/mol. The molecule has 18 heavy (non-hydrogen) atoms. The number of nitrogens with zero attached hydrogens (tertiary/aromatic N) is 1. The van der Waals surface area contributed by atoms with Crippen LogP contribution in [0.3, 0.4) is 0 Å². The Hall–Kier alpha value is -1.91. The molecule has 0 aliphatic rings. The van der Waals surface area contributed by atoms with Crippen molar-refractivity contribution in [3.8, 4) is 0 Å². The highest BCUT2D eigenvalue weighted by atomic mass is 16.5. The zero-order chi connectivity index (χ0) is 13.7. The lowest BCUT2D eigenvalue weighted by Gasteiger charge is -2.09. The van der Waals surface area contributed by atoms with Gasteiger partial charge in [-0.2, -0.15) is 0 Å². The standard InChI is InChI=1S/C13H17NO4/c1-8(2)17-12(15)10-5-6-14-11(7-10)13(16)18-9(3)4/h5-9H,1-4H3. The van der Waals surface area contributed by atoms with Crippen molar-refractivity contribution in [3.05, 3.63) is 29.6 Å². The Morgan fingerprint density at radius 3 is 2.17 bits per heavy atom. The van der Waals surface area contributed by atoms with Gasteiger partial charge in [-0.3, -0.25) is 0 Å². The van der Waals surface area contributed by atoms with Crippen LogP contribution in [0.15, 0.2) is 18.3 Å². The lowest BCUT2D eigenvalue weighted by molar-refractivity contribution is 0.0370. The van der Waals surface area contributed by atoms with Crippen LogP contribution in [0.2, 0.25) is 0 Å². The molecule has 0 atom stereocenters. The van der Waals surface area contributed by atoms with E-state index in [1.165, 1.54) is 18.3 Å². The van der Waals surface area contributed by atoms with Gasteiger partial charge in [-0.25, -0.2) is 14.6 Å². The second-order valence-electron chi connectivity index (χ2n) is 4.34. The third kappa shape index (κ3) is 4.16. The van der Waals surface area contributed by atoms with Crippen LogP contribution in [-0.4, -0.2) is 29.1 Å². The lowest BCUT2D eigenvalue weighted by Crippen LogP contribution is -2.15. The van der Waals surface area contributed by atoms with Crippen LogP contribution in [0.4, 0.5) is 0 Å². The van der Waals surface area contributed by atoms with E-state index < -0.39 is 11.9 Å². The van der Waals surface area contributed by atoms with Crippen molar-refractivity contribution in [3.63, 3.8) is 0 Å². The molecule has 0 saturated heterocycles. The lowest BCUT2D eigenvalue weighted by atomic mass is 10.2. The summed E-state index contributed by atoms with van der Waals surface area (Å²) in [5.74, 6) is -1.03. The highest BCUT2D eigenvalue weighted by Gasteiger charge is 2.15. The van der Waals surface area contributed by atoms with Gasteiger partial charge in [0, 0.05) is 6.20 Å². The largest absolute Gasteiger partial charge is 0.459 e. The van der Waals surface area contributed by atoms with E-state index in [9.17, 15) is 9.59 Å². The molecule has 0 fully saturated rings. The van der Waals surface area contributed by atoms with Gasteiger partial charge in [-0.15, -0.1) is 0 Å². The monoisotopic (exact) mass is 251 g/mol. The van der Waals surface area contributed by atoms with Gasteiger partial charge < -0.3 is 9.47 Å². The summed E-state index contributed by atoms with van der Waals surface area (Å²) in [7, 11) is 0. The van der Waals surface area contributed by atoms with Crippen LogP contribution in [-0.2, 0) is 9.47 Å². The minimum absolute atomic E-state index is 0.0990. The molecule has 1 aromatic heterocycles. The topological polar surface area (TPSA) is 65.5 Å². The molecule has 0 saturated carbocycles. The molecular weight excluding hydrogens is 234 g/mol. The Kier molecular flexibility index (Phi) is 4.83. The van der Waals surface area contributed by atoms with Gasteiger partial charge in [-0.1, -0.05) is 0 Å². The summed E-state index contributed by atoms with van der Waals surface area (Å²) in [5, 5.41) is 0. The molecule has 0 aliphatic carbocycles. The number of hydrogen-bond acceptors (Lipinski definition) is 5. The van der Waals surface area contributed by atoms with Crippen molar-refractivity contribution < 1.29 is 19.1 Å². The van der Waals surface area contributed by atoms with Gasteiger partial charge in [-0.05, 0) is 39.8 Å². The third-order valence-electron chi connectivity index (χ3n) is 1.89. The van der Waals surface area contributed by atoms with E-state index in [0.717, 1.165) is 0 Å². The zero-order valence-corrected chi connectivity index (χ0v) is 11.0. The fraction of sp³-hybridized carbons (Fsp3) is 0.462. The van der Waals surface area contributed by atoms with Crippen LogP contribution >= 0.6 is 0 Å². The molecule has 0 amide bonds. The molecule has 98 valence electrons. The van der Waals surface area contributed by atoms with Gasteiger partial charge in [0.1, 0.15) is 5.69 Å². The number of esters is 2. The molecule has 0 bridgehead atoms. The number of rotatable bonds is 4. The summed E-state index contributed by atoms with van der Waals surface area (Å²) in [6.45, 7) is 7.00. The van der Waals surface area contributed by atoms with Gasteiger partial charge in [0.15, 0.2) is 0 Å². The molecule has 5 heteroatoms. The number of carbonyl (C=O) groups is 2. The Morgan fingerprint density at radius 2 is 1.61 bits per heavy atom. The number of pyridine rings is 1. The summed E-state index contributed by atoms with van der Waals surface area (Å²) >= 11 is 0. The van der Waals surface area contributed by atoms with Gasteiger partial charge in [0.05, 0.1) is 17.8 Å². The molecule has 1 rings (SSSR count). The average Bonchev–Trinajstić information content (AvgIpc) is 2.27. The van der Waals surface area contributed by atoms with Crippen molar-refractivity contribution in [2.24, 2.45) is 0 Å². The van der Waals surface area contributed by atoms with Crippen LogP contribution in [0, 0.1) is 0 Å². The fourth-order valence-corrected chi connectivity index (χ4v) is 1.23. The summed E-state index contributed by atoms with van der Waals surface area (Å²) in [4.78, 5) is 27.1. The van der Waals surface area contributed by atoms with E-state index in [0.29, 0.717) is 0 Å². The second kappa shape index (κ2) is 6.14. The first-order valence-electron chi connectivity index (χ1n) is 5.78. The molecule has 0 unspecified atom stereocenters. The summed E-state index contributed by atoms with van der Waals surface area (Å²) in [6, 6.07) is 2.87. The molecular formula is C13H17NO4. The first-order chi connectivity index (χ1) is 8.40. The SMILES string of the molecule is CC(C)OC(=O)c1ccnc(C(=O)OC(C)C)c1. The highest BCUT2D eigenvalue weighted by Crippen LogP contribution is 2.07. The van der Waals surface area contributed by atoms with E-state index >= 15 is 0 Å². The summed E-state index contributed by atoms with van der Waals surface area (Å²) < 4.78 is 10.0. The maximum absolute atomic E-state index is 11.7. The Bertz CT molecular complexity index is 403. The molecule has 0 radical (unpaired) electrons. The van der Waals surface area contributed by atoms with E-state index in [-0.39, 0.29) is 23.5 Å². The van der Waals surface area contributed by atoms with Gasteiger partial charge in [0.25, 0.3) is 0 Å². The number of hydrogen-bond donors (Lipinski definition) is 0. The number of ether oxygens (including phenoxy) is 2. The number of aromatic nitrogens is 1. The first kappa shape index (κ1) is 14.2. The maximum atomic E-state index is 11.7.